The van der Waals surface area contributed by atoms with Crippen molar-refractivity contribution in [3.63, 3.8) is 0 Å². The van der Waals surface area contributed by atoms with Crippen molar-refractivity contribution in [2.24, 2.45) is 0 Å². The molecule has 0 N–H and O–H groups in total. The molecule has 3 aromatic rings. The summed E-state index contributed by atoms with van der Waals surface area (Å²) in [7, 11) is 0. The van der Waals surface area contributed by atoms with Crippen LogP contribution < -0.4 is 4.90 Å². The van der Waals surface area contributed by atoms with Crippen molar-refractivity contribution in [3.8, 4) is 0 Å². The molecule has 142 valence electrons. The fraction of sp³-hybridized carbons (Fsp3) is 0.100. The van der Waals surface area contributed by atoms with Gasteiger partial charge in [-0.05, 0) is 48.5 Å². The zero-order valence-electron chi connectivity index (χ0n) is 14.7. The van der Waals surface area contributed by atoms with Gasteiger partial charge in [0, 0.05) is 33.4 Å². The molecule has 0 aliphatic carbocycles. The Hall–Kier alpha value is -2.71. The maximum absolute atomic E-state index is 12.9. The van der Waals surface area contributed by atoms with Gasteiger partial charge in [-0.2, -0.15) is 0 Å². The van der Waals surface area contributed by atoms with Crippen molar-refractivity contribution < 1.29 is 9.72 Å². The van der Waals surface area contributed by atoms with E-state index in [2.05, 4.69) is 20.9 Å². The van der Waals surface area contributed by atoms with Gasteiger partial charge in [0.1, 0.15) is 0 Å². The molecule has 0 atom stereocenters. The van der Waals surface area contributed by atoms with E-state index in [9.17, 15) is 14.9 Å². The van der Waals surface area contributed by atoms with Gasteiger partial charge in [0.15, 0.2) is 0 Å². The minimum atomic E-state index is -0.443. The quantitative estimate of drug-likeness (QED) is 0.281. The first-order valence-electron chi connectivity index (χ1n) is 8.36. The SMILES string of the molecule is O=C(CSc1ccc([N+](=O)[O-])cc1)N(Cc1ccccn1)c1ccc(Br)cc1. The average molecular weight is 458 g/mol. The second-order valence-electron chi connectivity index (χ2n) is 5.82. The van der Waals surface area contributed by atoms with E-state index in [-0.39, 0.29) is 17.3 Å². The van der Waals surface area contributed by atoms with Gasteiger partial charge in [0.05, 0.1) is 22.9 Å². The number of nitro groups is 1. The molecule has 0 bridgehead atoms. The molecule has 0 aliphatic heterocycles. The molecule has 0 spiro atoms. The van der Waals surface area contributed by atoms with Crippen LogP contribution in [-0.2, 0) is 11.3 Å². The summed E-state index contributed by atoms with van der Waals surface area (Å²) in [5, 5.41) is 10.8. The van der Waals surface area contributed by atoms with Gasteiger partial charge >= 0.3 is 0 Å². The number of aromatic nitrogens is 1. The third-order valence-corrected chi connectivity index (χ3v) is 5.42. The Morgan fingerprint density at radius 1 is 1.07 bits per heavy atom. The van der Waals surface area contributed by atoms with Crippen LogP contribution in [0.25, 0.3) is 0 Å². The van der Waals surface area contributed by atoms with Crippen molar-refractivity contribution in [2.45, 2.75) is 11.4 Å². The molecule has 0 saturated heterocycles. The molecular weight excluding hydrogens is 442 g/mol. The minimum absolute atomic E-state index is 0.0299. The molecule has 1 heterocycles. The molecule has 0 unspecified atom stereocenters. The monoisotopic (exact) mass is 457 g/mol. The Morgan fingerprint density at radius 2 is 1.79 bits per heavy atom. The van der Waals surface area contributed by atoms with Crippen LogP contribution in [0.15, 0.2) is 82.3 Å². The zero-order valence-corrected chi connectivity index (χ0v) is 17.1. The van der Waals surface area contributed by atoms with Crippen molar-refractivity contribution in [1.29, 1.82) is 0 Å². The van der Waals surface area contributed by atoms with Gasteiger partial charge in [-0.1, -0.05) is 22.0 Å². The van der Waals surface area contributed by atoms with E-state index in [0.717, 1.165) is 20.7 Å². The standard InChI is InChI=1S/C20H16BrN3O3S/c21-15-4-6-17(7-5-15)23(13-16-3-1-2-12-22-16)20(25)14-28-19-10-8-18(9-11-19)24(26)27/h1-12H,13-14H2. The van der Waals surface area contributed by atoms with Gasteiger partial charge in [-0.3, -0.25) is 19.9 Å². The lowest BCUT2D eigenvalue weighted by Crippen LogP contribution is -2.32. The molecule has 1 amide bonds. The fourth-order valence-corrected chi connectivity index (χ4v) is 3.52. The molecular formula is C20H16BrN3O3S. The number of amides is 1. The largest absolute Gasteiger partial charge is 0.306 e. The van der Waals surface area contributed by atoms with Crippen LogP contribution >= 0.6 is 27.7 Å². The van der Waals surface area contributed by atoms with Crippen LogP contribution in [0.2, 0.25) is 0 Å². The van der Waals surface area contributed by atoms with Crippen LogP contribution in [0.4, 0.5) is 11.4 Å². The van der Waals surface area contributed by atoms with Gasteiger partial charge in [0.2, 0.25) is 5.91 Å². The molecule has 0 saturated carbocycles. The number of hydrogen-bond donors (Lipinski definition) is 0. The van der Waals surface area contributed by atoms with E-state index in [1.165, 1.54) is 23.9 Å². The number of nitro benzene ring substituents is 1. The maximum Gasteiger partial charge on any atom is 0.269 e. The smallest absolute Gasteiger partial charge is 0.269 e. The number of pyridine rings is 1. The van der Waals surface area contributed by atoms with Gasteiger partial charge in [-0.15, -0.1) is 11.8 Å². The van der Waals surface area contributed by atoms with Gasteiger partial charge < -0.3 is 4.90 Å². The number of halogens is 1. The molecule has 0 aliphatic rings. The summed E-state index contributed by atoms with van der Waals surface area (Å²) in [4.78, 5) is 30.0. The first-order valence-corrected chi connectivity index (χ1v) is 10.1. The number of carbonyl (C=O) groups excluding carboxylic acids is 1. The predicted molar refractivity (Wildman–Crippen MR) is 113 cm³/mol. The second kappa shape index (κ2) is 9.48. The van der Waals surface area contributed by atoms with Crippen LogP contribution in [0.3, 0.4) is 0 Å². The molecule has 1 aromatic heterocycles. The Bertz CT molecular complexity index is 951. The van der Waals surface area contributed by atoms with E-state index in [4.69, 9.17) is 0 Å². The highest BCUT2D eigenvalue weighted by Gasteiger charge is 2.17. The summed E-state index contributed by atoms with van der Waals surface area (Å²) in [6, 6.07) is 19.3. The lowest BCUT2D eigenvalue weighted by atomic mass is 10.2. The molecule has 28 heavy (non-hydrogen) atoms. The highest BCUT2D eigenvalue weighted by molar-refractivity contribution is 9.10. The van der Waals surface area contributed by atoms with E-state index in [1.807, 2.05) is 42.5 Å². The highest BCUT2D eigenvalue weighted by Crippen LogP contribution is 2.25. The third kappa shape index (κ3) is 5.40. The highest BCUT2D eigenvalue weighted by atomic mass is 79.9. The fourth-order valence-electron chi connectivity index (χ4n) is 2.49. The molecule has 6 nitrogen and oxygen atoms in total. The number of rotatable bonds is 7. The van der Waals surface area contributed by atoms with Crippen LogP contribution in [-0.4, -0.2) is 21.6 Å². The Labute approximate surface area is 174 Å². The summed E-state index contributed by atoms with van der Waals surface area (Å²) >= 11 is 4.75. The summed E-state index contributed by atoms with van der Waals surface area (Å²) in [5.41, 5.74) is 1.60. The topological polar surface area (TPSA) is 76.3 Å². The van der Waals surface area contributed by atoms with Gasteiger partial charge in [0.25, 0.3) is 5.69 Å². The van der Waals surface area contributed by atoms with Gasteiger partial charge in [-0.25, -0.2) is 0 Å². The summed E-state index contributed by atoms with van der Waals surface area (Å²) in [6.45, 7) is 0.363. The lowest BCUT2D eigenvalue weighted by Gasteiger charge is -2.22. The first-order chi connectivity index (χ1) is 13.5. The minimum Gasteiger partial charge on any atom is -0.306 e. The van der Waals surface area contributed by atoms with Crippen LogP contribution in [0.5, 0.6) is 0 Å². The van der Waals surface area contributed by atoms with E-state index in [1.54, 1.807) is 23.2 Å². The third-order valence-electron chi connectivity index (χ3n) is 3.90. The Balaban J connectivity index is 1.74. The van der Waals surface area contributed by atoms with E-state index >= 15 is 0 Å². The Morgan fingerprint density at radius 3 is 2.39 bits per heavy atom. The summed E-state index contributed by atoms with van der Waals surface area (Å²) in [6.07, 6.45) is 1.70. The average Bonchev–Trinajstić information content (AvgIpc) is 2.72. The zero-order chi connectivity index (χ0) is 19.9. The lowest BCUT2D eigenvalue weighted by molar-refractivity contribution is -0.384. The molecule has 3 rings (SSSR count). The Kier molecular flexibility index (Phi) is 6.78. The maximum atomic E-state index is 12.9. The molecule has 0 radical (unpaired) electrons. The molecule has 2 aromatic carbocycles. The van der Waals surface area contributed by atoms with Crippen molar-refractivity contribution in [1.82, 2.24) is 4.98 Å². The normalized spacial score (nSPS) is 10.5. The van der Waals surface area contributed by atoms with E-state index < -0.39 is 4.92 Å². The van der Waals surface area contributed by atoms with Crippen LogP contribution in [0, 0.1) is 10.1 Å². The number of anilines is 1. The summed E-state index contributed by atoms with van der Waals surface area (Å²) in [5.74, 6) is 0.136. The number of benzene rings is 2. The predicted octanol–water partition coefficient (Wildman–Crippen LogP) is 5.08. The van der Waals surface area contributed by atoms with Crippen molar-refractivity contribution in [2.75, 3.05) is 10.7 Å². The first kappa shape index (κ1) is 20.0. The van der Waals surface area contributed by atoms with E-state index in [0.29, 0.717) is 6.54 Å². The number of thioether (sulfide) groups is 1. The second-order valence-corrected chi connectivity index (χ2v) is 7.78. The summed E-state index contributed by atoms with van der Waals surface area (Å²) < 4.78 is 0.932. The number of non-ortho nitro benzene ring substituents is 1. The van der Waals surface area contributed by atoms with Crippen LogP contribution in [0.1, 0.15) is 5.69 Å². The van der Waals surface area contributed by atoms with Crippen molar-refractivity contribution >= 4 is 45.0 Å². The number of hydrogen-bond acceptors (Lipinski definition) is 5. The van der Waals surface area contributed by atoms with Crippen molar-refractivity contribution in [3.05, 3.63) is 93.2 Å². The number of carbonyl (C=O) groups is 1. The number of nitrogens with zero attached hydrogens (tertiary/aromatic N) is 3. The molecule has 8 heteroatoms. The molecule has 0 fully saturated rings.